The molecule has 0 atom stereocenters. The highest BCUT2D eigenvalue weighted by atomic mass is 19.1. The molecule has 194 valence electrons. The Labute approximate surface area is 225 Å². The molecule has 6 rings (SSSR count). The van der Waals surface area contributed by atoms with Crippen molar-refractivity contribution in [3.05, 3.63) is 91.3 Å². The molecule has 4 heterocycles. The fourth-order valence-corrected chi connectivity index (χ4v) is 4.83. The first-order valence-corrected chi connectivity index (χ1v) is 12.7. The number of allylic oxidation sites excluding steroid dienone is 1. The highest BCUT2D eigenvalue weighted by molar-refractivity contribution is 5.97. The van der Waals surface area contributed by atoms with Crippen molar-refractivity contribution in [2.75, 3.05) is 5.32 Å². The molecule has 3 N–H and O–H groups in total. The van der Waals surface area contributed by atoms with Gasteiger partial charge in [-0.25, -0.2) is 9.37 Å². The van der Waals surface area contributed by atoms with Crippen molar-refractivity contribution < 1.29 is 4.39 Å². The van der Waals surface area contributed by atoms with E-state index >= 15 is 0 Å². The number of imidazole rings is 1. The maximum atomic E-state index is 13.9. The maximum absolute atomic E-state index is 13.9. The van der Waals surface area contributed by atoms with Crippen LogP contribution >= 0.6 is 0 Å². The van der Waals surface area contributed by atoms with Gasteiger partial charge in [-0.2, -0.15) is 5.10 Å². The molecule has 7 nitrogen and oxygen atoms in total. The van der Waals surface area contributed by atoms with Crippen LogP contribution in [0.5, 0.6) is 0 Å². The zero-order chi connectivity index (χ0) is 27.1. The van der Waals surface area contributed by atoms with Gasteiger partial charge < -0.3 is 10.3 Å². The summed E-state index contributed by atoms with van der Waals surface area (Å²) in [7, 11) is 0. The summed E-state index contributed by atoms with van der Waals surface area (Å²) in [6.07, 6.45) is 6.18. The van der Waals surface area contributed by atoms with Gasteiger partial charge in [0.2, 0.25) is 0 Å². The minimum Gasteiger partial charge on any atom is -0.358 e. The fraction of sp³-hybridized carbons (Fsp3) is 0.161. The van der Waals surface area contributed by atoms with Crippen molar-refractivity contribution in [3.8, 4) is 33.9 Å². The number of pyridine rings is 2. The molecule has 0 unspecified atom stereocenters. The molecular formula is C31H28FN7. The molecule has 0 amide bonds. The van der Waals surface area contributed by atoms with Crippen LogP contribution in [-0.2, 0) is 0 Å². The van der Waals surface area contributed by atoms with E-state index in [1.165, 1.54) is 12.1 Å². The molecule has 0 aliphatic carbocycles. The number of hydrogen-bond acceptors (Lipinski definition) is 5. The number of nitrogens with one attached hydrogen (secondary N) is 3. The zero-order valence-corrected chi connectivity index (χ0v) is 22.0. The van der Waals surface area contributed by atoms with Gasteiger partial charge >= 0.3 is 0 Å². The van der Waals surface area contributed by atoms with E-state index in [0.717, 1.165) is 62.1 Å². The Hall–Kier alpha value is -4.85. The van der Waals surface area contributed by atoms with Crippen molar-refractivity contribution in [2.24, 2.45) is 5.41 Å². The molecule has 6 aromatic rings. The molecule has 0 fully saturated rings. The van der Waals surface area contributed by atoms with Crippen LogP contribution in [0, 0.1) is 11.2 Å². The van der Waals surface area contributed by atoms with E-state index < -0.39 is 0 Å². The quantitative estimate of drug-likeness (QED) is 0.210. The van der Waals surface area contributed by atoms with Crippen LogP contribution in [0.1, 0.15) is 27.2 Å². The summed E-state index contributed by atoms with van der Waals surface area (Å²) >= 11 is 0. The number of fused-ring (bicyclic) bond motifs is 2. The predicted octanol–water partition coefficient (Wildman–Crippen LogP) is 7.73. The van der Waals surface area contributed by atoms with Gasteiger partial charge in [0.1, 0.15) is 11.5 Å². The van der Waals surface area contributed by atoms with E-state index in [9.17, 15) is 4.39 Å². The standard InChI is InChI=1S/C31H28FN7/c1-18(14-31(2,3)4)35-22-12-20(15-33-16-22)26-13-24-27(17-34-26)38-39-29(24)30-36-25-10-6-9-23(28(25)37-30)19-7-5-8-21(32)11-19/h5-13,15-17,35H,1,14H2,2-4H3,(H,36,37)(H,38,39). The summed E-state index contributed by atoms with van der Waals surface area (Å²) < 4.78 is 13.9. The first-order valence-electron chi connectivity index (χ1n) is 12.7. The van der Waals surface area contributed by atoms with E-state index in [0.29, 0.717) is 11.5 Å². The van der Waals surface area contributed by atoms with Crippen molar-refractivity contribution in [3.63, 3.8) is 0 Å². The molecule has 8 heteroatoms. The number of para-hydroxylation sites is 1. The summed E-state index contributed by atoms with van der Waals surface area (Å²) in [5, 5.41) is 11.9. The topological polar surface area (TPSA) is 95.2 Å². The van der Waals surface area contributed by atoms with E-state index in [-0.39, 0.29) is 11.2 Å². The smallest absolute Gasteiger partial charge is 0.159 e. The van der Waals surface area contributed by atoms with E-state index in [1.54, 1.807) is 24.7 Å². The number of nitrogens with zero attached hydrogens (tertiary/aromatic N) is 4. The van der Waals surface area contributed by atoms with Crippen molar-refractivity contribution in [1.29, 1.82) is 0 Å². The van der Waals surface area contributed by atoms with Gasteiger partial charge in [-0.1, -0.05) is 51.6 Å². The lowest BCUT2D eigenvalue weighted by Gasteiger charge is -2.20. The molecule has 4 aromatic heterocycles. The minimum absolute atomic E-state index is 0.133. The SMILES string of the molecule is C=C(CC(C)(C)C)Nc1cncc(-c2cc3c(-c4nc5c(-c6cccc(F)c6)cccc5[nH]4)n[nH]c3cn2)c1. The van der Waals surface area contributed by atoms with Crippen LogP contribution in [0.15, 0.2) is 85.5 Å². The largest absolute Gasteiger partial charge is 0.358 e. The van der Waals surface area contributed by atoms with Gasteiger partial charge in [0.15, 0.2) is 5.82 Å². The van der Waals surface area contributed by atoms with Gasteiger partial charge in [0.25, 0.3) is 0 Å². The lowest BCUT2D eigenvalue weighted by atomic mass is 9.91. The highest BCUT2D eigenvalue weighted by Gasteiger charge is 2.17. The number of halogens is 1. The summed E-state index contributed by atoms with van der Waals surface area (Å²) in [5.41, 5.74) is 8.24. The summed E-state index contributed by atoms with van der Waals surface area (Å²) in [5.74, 6) is 0.329. The van der Waals surface area contributed by atoms with Gasteiger partial charge in [0, 0.05) is 28.4 Å². The van der Waals surface area contributed by atoms with Gasteiger partial charge in [0.05, 0.1) is 40.3 Å². The summed E-state index contributed by atoms with van der Waals surface area (Å²) in [6, 6.07) is 16.4. The van der Waals surface area contributed by atoms with Gasteiger partial charge in [-0.3, -0.25) is 15.1 Å². The van der Waals surface area contributed by atoms with Crippen LogP contribution in [0.2, 0.25) is 0 Å². The molecule has 0 aliphatic rings. The Bertz CT molecular complexity index is 1840. The van der Waals surface area contributed by atoms with Crippen LogP contribution < -0.4 is 5.32 Å². The molecule has 0 radical (unpaired) electrons. The second-order valence-electron chi connectivity index (χ2n) is 10.9. The number of aromatic nitrogens is 6. The average Bonchev–Trinajstić information content (AvgIpc) is 3.51. The van der Waals surface area contributed by atoms with Gasteiger partial charge in [-0.05, 0) is 47.7 Å². The number of aromatic amines is 2. The third kappa shape index (κ3) is 5.01. The van der Waals surface area contributed by atoms with Crippen LogP contribution in [0.3, 0.4) is 0 Å². The lowest BCUT2D eigenvalue weighted by Crippen LogP contribution is -2.10. The molecule has 0 spiro atoms. The van der Waals surface area contributed by atoms with Crippen molar-refractivity contribution in [1.82, 2.24) is 30.1 Å². The Morgan fingerprint density at radius 1 is 0.974 bits per heavy atom. The third-order valence-electron chi connectivity index (χ3n) is 6.42. The number of benzene rings is 2. The monoisotopic (exact) mass is 517 g/mol. The number of anilines is 1. The first-order chi connectivity index (χ1) is 18.7. The second-order valence-corrected chi connectivity index (χ2v) is 10.9. The normalized spacial score (nSPS) is 11.8. The Morgan fingerprint density at radius 2 is 1.82 bits per heavy atom. The zero-order valence-electron chi connectivity index (χ0n) is 22.0. The van der Waals surface area contributed by atoms with Crippen molar-refractivity contribution >= 4 is 27.6 Å². The van der Waals surface area contributed by atoms with Crippen LogP contribution in [-0.4, -0.2) is 30.1 Å². The Kier molecular flexibility index (Phi) is 5.95. The molecule has 0 saturated heterocycles. The Balaban J connectivity index is 1.37. The van der Waals surface area contributed by atoms with Crippen molar-refractivity contribution in [2.45, 2.75) is 27.2 Å². The van der Waals surface area contributed by atoms with E-state index in [2.05, 4.69) is 57.8 Å². The van der Waals surface area contributed by atoms with Gasteiger partial charge in [-0.15, -0.1) is 0 Å². The lowest BCUT2D eigenvalue weighted by molar-refractivity contribution is 0.411. The molecule has 0 bridgehead atoms. The van der Waals surface area contributed by atoms with E-state index in [1.807, 2.05) is 36.4 Å². The first kappa shape index (κ1) is 24.5. The highest BCUT2D eigenvalue weighted by Crippen LogP contribution is 2.33. The maximum Gasteiger partial charge on any atom is 0.159 e. The summed E-state index contributed by atoms with van der Waals surface area (Å²) in [4.78, 5) is 17.3. The number of H-pyrrole nitrogens is 2. The second kappa shape index (κ2) is 9.47. The molecule has 2 aromatic carbocycles. The predicted molar refractivity (Wildman–Crippen MR) is 154 cm³/mol. The van der Waals surface area contributed by atoms with Crippen LogP contribution in [0.25, 0.3) is 55.8 Å². The number of hydrogen-bond donors (Lipinski definition) is 3. The summed E-state index contributed by atoms with van der Waals surface area (Å²) in [6.45, 7) is 10.7. The van der Waals surface area contributed by atoms with Crippen LogP contribution in [0.4, 0.5) is 10.1 Å². The fourth-order valence-electron chi connectivity index (χ4n) is 4.83. The minimum atomic E-state index is -0.286. The molecular weight excluding hydrogens is 489 g/mol. The molecule has 0 saturated carbocycles. The van der Waals surface area contributed by atoms with E-state index in [4.69, 9.17) is 4.98 Å². The third-order valence-corrected chi connectivity index (χ3v) is 6.42. The average molecular weight is 518 g/mol. The number of rotatable bonds is 6. The Morgan fingerprint density at radius 3 is 2.64 bits per heavy atom. The molecule has 39 heavy (non-hydrogen) atoms. The molecule has 0 aliphatic heterocycles.